The molecule has 1 saturated heterocycles. The largest absolute Gasteiger partial charge is 0.341 e. The highest BCUT2D eigenvalue weighted by Crippen LogP contribution is 2.08. The topological polar surface area (TPSA) is 73.5 Å². The third-order valence-corrected chi connectivity index (χ3v) is 2.25. The maximum atomic E-state index is 11.2. The maximum Gasteiger partial charge on any atom is 0.317 e. The number of urea groups is 2. The third-order valence-electron chi connectivity index (χ3n) is 2.25. The molecule has 14 heavy (non-hydrogen) atoms. The summed E-state index contributed by atoms with van der Waals surface area (Å²) in [7, 11) is 3.17. The Balaban J connectivity index is 2.34. The summed E-state index contributed by atoms with van der Waals surface area (Å²) >= 11 is 0. The first-order chi connectivity index (χ1) is 6.67. The minimum Gasteiger partial charge on any atom is -0.341 e. The minimum absolute atomic E-state index is 0.0623. The zero-order chi connectivity index (χ0) is 10.6. The molecule has 3 N–H and O–H groups in total. The molecular weight excluding hydrogens is 184 g/mol. The minimum atomic E-state index is -0.200. The van der Waals surface area contributed by atoms with Crippen LogP contribution in [-0.4, -0.2) is 50.2 Å². The van der Waals surface area contributed by atoms with E-state index in [4.69, 9.17) is 0 Å². The first-order valence-corrected chi connectivity index (χ1v) is 4.62. The molecule has 0 spiro atoms. The quantitative estimate of drug-likeness (QED) is 0.525. The Kier molecular flexibility index (Phi) is 3.55. The highest BCUT2D eigenvalue weighted by Gasteiger charge is 2.26. The van der Waals surface area contributed by atoms with Gasteiger partial charge in [0, 0.05) is 33.2 Å². The van der Waals surface area contributed by atoms with Crippen molar-refractivity contribution < 1.29 is 9.59 Å². The van der Waals surface area contributed by atoms with Gasteiger partial charge in [-0.15, -0.1) is 0 Å². The summed E-state index contributed by atoms with van der Waals surface area (Å²) in [5.41, 5.74) is 0. The van der Waals surface area contributed by atoms with Gasteiger partial charge in [0.15, 0.2) is 0 Å². The second-order valence-electron chi connectivity index (χ2n) is 3.21. The van der Waals surface area contributed by atoms with Crippen LogP contribution >= 0.6 is 0 Å². The first-order valence-electron chi connectivity index (χ1n) is 4.62. The zero-order valence-electron chi connectivity index (χ0n) is 8.46. The Bertz CT molecular complexity index is 231. The van der Waals surface area contributed by atoms with Gasteiger partial charge in [-0.05, 0) is 6.42 Å². The van der Waals surface area contributed by atoms with Gasteiger partial charge in [-0.25, -0.2) is 9.59 Å². The van der Waals surface area contributed by atoms with E-state index in [1.165, 1.54) is 0 Å². The predicted octanol–water partition coefficient (Wildman–Crippen LogP) is -0.671. The Labute approximate surface area is 83.0 Å². The summed E-state index contributed by atoms with van der Waals surface area (Å²) in [4.78, 5) is 23.9. The molecule has 1 rings (SSSR count). The Morgan fingerprint density at radius 1 is 1.29 bits per heavy atom. The smallest absolute Gasteiger partial charge is 0.317 e. The van der Waals surface area contributed by atoms with Gasteiger partial charge in [0.25, 0.3) is 0 Å². The van der Waals surface area contributed by atoms with E-state index in [2.05, 4.69) is 16.0 Å². The van der Waals surface area contributed by atoms with Crippen molar-refractivity contribution in [2.45, 2.75) is 12.5 Å². The van der Waals surface area contributed by atoms with Gasteiger partial charge in [0.1, 0.15) is 0 Å². The van der Waals surface area contributed by atoms with E-state index >= 15 is 0 Å². The van der Waals surface area contributed by atoms with Crippen LogP contribution in [0, 0.1) is 0 Å². The fourth-order valence-electron chi connectivity index (χ4n) is 1.48. The van der Waals surface area contributed by atoms with Crippen molar-refractivity contribution in [3.05, 3.63) is 0 Å². The second kappa shape index (κ2) is 4.69. The molecule has 6 nitrogen and oxygen atoms in total. The molecule has 0 aliphatic carbocycles. The molecule has 80 valence electrons. The van der Waals surface area contributed by atoms with Crippen LogP contribution in [0.5, 0.6) is 0 Å². The van der Waals surface area contributed by atoms with E-state index < -0.39 is 0 Å². The number of hydrogen-bond acceptors (Lipinski definition) is 2. The SMILES string of the molecule is CNC(=O)N[C@@H]1CCN(C(=O)NC)C1. The fraction of sp³-hybridized carbons (Fsp3) is 0.750. The van der Waals surface area contributed by atoms with Crippen molar-refractivity contribution in [1.82, 2.24) is 20.9 Å². The molecule has 0 bridgehead atoms. The van der Waals surface area contributed by atoms with E-state index in [1.807, 2.05) is 0 Å². The Morgan fingerprint density at radius 3 is 2.57 bits per heavy atom. The molecule has 0 aromatic carbocycles. The van der Waals surface area contributed by atoms with Crippen molar-refractivity contribution >= 4 is 12.1 Å². The van der Waals surface area contributed by atoms with Crippen LogP contribution in [0.1, 0.15) is 6.42 Å². The lowest BCUT2D eigenvalue weighted by molar-refractivity contribution is 0.209. The molecule has 1 heterocycles. The molecule has 1 fully saturated rings. The normalized spacial score (nSPS) is 20.4. The van der Waals surface area contributed by atoms with Crippen LogP contribution in [0.25, 0.3) is 0 Å². The molecule has 0 aromatic rings. The van der Waals surface area contributed by atoms with Crippen molar-refractivity contribution in [1.29, 1.82) is 0 Å². The molecule has 1 aliphatic heterocycles. The molecule has 1 atom stereocenters. The lowest BCUT2D eigenvalue weighted by Gasteiger charge is -2.16. The fourth-order valence-corrected chi connectivity index (χ4v) is 1.48. The van der Waals surface area contributed by atoms with Crippen LogP contribution in [0.15, 0.2) is 0 Å². The average molecular weight is 200 g/mol. The van der Waals surface area contributed by atoms with Crippen LogP contribution in [0.2, 0.25) is 0 Å². The number of nitrogens with one attached hydrogen (secondary N) is 3. The van der Waals surface area contributed by atoms with Crippen LogP contribution < -0.4 is 16.0 Å². The monoisotopic (exact) mass is 200 g/mol. The highest BCUT2D eigenvalue weighted by atomic mass is 16.2. The van der Waals surface area contributed by atoms with Gasteiger partial charge in [0.2, 0.25) is 0 Å². The van der Waals surface area contributed by atoms with Gasteiger partial charge in [-0.2, -0.15) is 0 Å². The molecule has 0 saturated carbocycles. The molecule has 6 heteroatoms. The number of hydrogen-bond donors (Lipinski definition) is 3. The summed E-state index contributed by atoms with van der Waals surface area (Å²) in [6, 6.07) is -0.229. The summed E-state index contributed by atoms with van der Waals surface area (Å²) in [5, 5.41) is 7.80. The maximum absolute atomic E-state index is 11.2. The van der Waals surface area contributed by atoms with Gasteiger partial charge in [-0.3, -0.25) is 0 Å². The third kappa shape index (κ3) is 2.51. The molecule has 0 unspecified atom stereocenters. The van der Waals surface area contributed by atoms with Crippen molar-refractivity contribution in [3.63, 3.8) is 0 Å². The van der Waals surface area contributed by atoms with Crippen molar-refractivity contribution in [3.8, 4) is 0 Å². The average Bonchev–Trinajstić information content (AvgIpc) is 2.65. The summed E-state index contributed by atoms with van der Waals surface area (Å²) in [6.45, 7) is 1.27. The lowest BCUT2D eigenvalue weighted by Crippen LogP contribution is -2.43. The lowest BCUT2D eigenvalue weighted by atomic mass is 10.3. The summed E-state index contributed by atoms with van der Waals surface area (Å²) < 4.78 is 0. The van der Waals surface area contributed by atoms with Gasteiger partial charge in [0.05, 0.1) is 0 Å². The van der Waals surface area contributed by atoms with Crippen molar-refractivity contribution in [2.24, 2.45) is 0 Å². The van der Waals surface area contributed by atoms with Crippen LogP contribution in [0.3, 0.4) is 0 Å². The van der Waals surface area contributed by atoms with Crippen LogP contribution in [-0.2, 0) is 0 Å². The molecule has 0 aromatic heterocycles. The van der Waals surface area contributed by atoms with Crippen LogP contribution in [0.4, 0.5) is 9.59 Å². The first kappa shape index (κ1) is 10.6. The van der Waals surface area contributed by atoms with Gasteiger partial charge in [-0.1, -0.05) is 0 Å². The zero-order valence-corrected chi connectivity index (χ0v) is 8.46. The number of nitrogens with zero attached hydrogens (tertiary/aromatic N) is 1. The number of carbonyl (C=O) groups is 2. The number of rotatable bonds is 1. The van der Waals surface area contributed by atoms with E-state index in [-0.39, 0.29) is 18.1 Å². The number of carbonyl (C=O) groups excluding carboxylic acids is 2. The Hall–Kier alpha value is -1.46. The van der Waals surface area contributed by atoms with E-state index in [9.17, 15) is 9.59 Å². The molecule has 1 aliphatic rings. The van der Waals surface area contributed by atoms with Gasteiger partial charge < -0.3 is 20.9 Å². The molecule has 0 radical (unpaired) electrons. The molecule has 4 amide bonds. The van der Waals surface area contributed by atoms with E-state index in [0.717, 1.165) is 6.42 Å². The standard InChI is InChI=1S/C8H16N4O2/c1-9-7(13)11-6-3-4-12(5-6)8(14)10-2/h6H,3-5H2,1-2H3,(H,10,14)(H2,9,11,13)/t6-/m1/s1. The van der Waals surface area contributed by atoms with E-state index in [1.54, 1.807) is 19.0 Å². The number of amides is 4. The van der Waals surface area contributed by atoms with E-state index in [0.29, 0.717) is 13.1 Å². The van der Waals surface area contributed by atoms with Gasteiger partial charge >= 0.3 is 12.1 Å². The Morgan fingerprint density at radius 2 is 2.00 bits per heavy atom. The summed E-state index contributed by atoms with van der Waals surface area (Å²) in [5.74, 6) is 0. The highest BCUT2D eigenvalue weighted by molar-refractivity contribution is 5.75. The predicted molar refractivity (Wildman–Crippen MR) is 52.0 cm³/mol. The second-order valence-corrected chi connectivity index (χ2v) is 3.21. The molecular formula is C8H16N4O2. The number of likely N-dealkylation sites (tertiary alicyclic amines) is 1. The van der Waals surface area contributed by atoms with Crippen molar-refractivity contribution in [2.75, 3.05) is 27.2 Å². The summed E-state index contributed by atoms with van der Waals surface area (Å²) in [6.07, 6.45) is 0.806.